The van der Waals surface area contributed by atoms with Crippen molar-refractivity contribution in [3.8, 4) is 0 Å². The summed E-state index contributed by atoms with van der Waals surface area (Å²) >= 11 is 0. The van der Waals surface area contributed by atoms with Crippen LogP contribution in [-0.2, 0) is 0 Å². The maximum atomic E-state index is 6.41. The molecule has 2 aliphatic rings. The van der Waals surface area contributed by atoms with E-state index in [9.17, 15) is 0 Å². The molecule has 2 atom stereocenters. The predicted octanol–water partition coefficient (Wildman–Crippen LogP) is 1.89. The van der Waals surface area contributed by atoms with E-state index in [0.29, 0.717) is 0 Å². The highest BCUT2D eigenvalue weighted by Gasteiger charge is 2.31. The van der Waals surface area contributed by atoms with Crippen molar-refractivity contribution in [3.05, 3.63) is 30.1 Å². The van der Waals surface area contributed by atoms with Crippen LogP contribution < -0.4 is 5.73 Å². The molecule has 116 valence electrons. The molecular formula is C17H28N4. The fourth-order valence-corrected chi connectivity index (χ4v) is 3.34. The number of rotatable bonds is 6. The van der Waals surface area contributed by atoms with Gasteiger partial charge in [0.05, 0.1) is 11.7 Å². The molecule has 0 radical (unpaired) electrons. The molecule has 1 aliphatic carbocycles. The zero-order chi connectivity index (χ0) is 14.7. The SMILES string of the molecule is CCC(N)C(c1ccccn1)N1CCN(CC2CC2)CC1. The average molecular weight is 288 g/mol. The largest absolute Gasteiger partial charge is 0.326 e. The van der Waals surface area contributed by atoms with Crippen LogP contribution in [0.25, 0.3) is 0 Å². The monoisotopic (exact) mass is 288 g/mol. The Hall–Kier alpha value is -0.970. The molecule has 2 fully saturated rings. The summed E-state index contributed by atoms with van der Waals surface area (Å²) in [5.74, 6) is 0.987. The summed E-state index contributed by atoms with van der Waals surface area (Å²) < 4.78 is 0. The van der Waals surface area contributed by atoms with Crippen LogP contribution in [0.2, 0.25) is 0 Å². The topological polar surface area (TPSA) is 45.4 Å². The Morgan fingerprint density at radius 2 is 2.00 bits per heavy atom. The van der Waals surface area contributed by atoms with E-state index in [1.54, 1.807) is 0 Å². The van der Waals surface area contributed by atoms with Gasteiger partial charge in [0, 0.05) is 45.0 Å². The zero-order valence-electron chi connectivity index (χ0n) is 13.1. The fraction of sp³-hybridized carbons (Fsp3) is 0.706. The molecular weight excluding hydrogens is 260 g/mol. The first-order chi connectivity index (χ1) is 10.3. The average Bonchev–Trinajstić information content (AvgIpc) is 3.34. The summed E-state index contributed by atoms with van der Waals surface area (Å²) in [7, 11) is 0. The molecule has 1 saturated carbocycles. The zero-order valence-corrected chi connectivity index (χ0v) is 13.1. The van der Waals surface area contributed by atoms with E-state index in [2.05, 4.69) is 33.8 Å². The van der Waals surface area contributed by atoms with Gasteiger partial charge in [-0.05, 0) is 37.3 Å². The summed E-state index contributed by atoms with van der Waals surface area (Å²) in [6, 6.07) is 6.60. The second-order valence-electron chi connectivity index (χ2n) is 6.55. The lowest BCUT2D eigenvalue weighted by molar-refractivity contribution is 0.0794. The third kappa shape index (κ3) is 3.82. The maximum Gasteiger partial charge on any atom is 0.0674 e. The normalized spacial score (nSPS) is 23.9. The van der Waals surface area contributed by atoms with Crippen molar-refractivity contribution in [1.29, 1.82) is 0 Å². The van der Waals surface area contributed by atoms with Crippen molar-refractivity contribution in [2.24, 2.45) is 11.7 Å². The van der Waals surface area contributed by atoms with Crippen molar-refractivity contribution in [3.63, 3.8) is 0 Å². The van der Waals surface area contributed by atoms with Crippen LogP contribution in [0.3, 0.4) is 0 Å². The van der Waals surface area contributed by atoms with Gasteiger partial charge >= 0.3 is 0 Å². The number of nitrogens with zero attached hydrogens (tertiary/aromatic N) is 3. The van der Waals surface area contributed by atoms with Gasteiger partial charge in [0.15, 0.2) is 0 Å². The molecule has 0 aromatic carbocycles. The number of nitrogens with two attached hydrogens (primary N) is 1. The number of hydrogen-bond donors (Lipinski definition) is 1. The second kappa shape index (κ2) is 6.86. The first kappa shape index (κ1) is 14.9. The van der Waals surface area contributed by atoms with Crippen LogP contribution in [-0.4, -0.2) is 53.5 Å². The quantitative estimate of drug-likeness (QED) is 0.868. The minimum Gasteiger partial charge on any atom is -0.326 e. The van der Waals surface area contributed by atoms with Gasteiger partial charge in [-0.15, -0.1) is 0 Å². The third-order valence-electron chi connectivity index (χ3n) is 4.88. The molecule has 1 aromatic rings. The molecule has 1 saturated heterocycles. The Morgan fingerprint density at radius 1 is 1.24 bits per heavy atom. The summed E-state index contributed by atoms with van der Waals surface area (Å²) in [5.41, 5.74) is 7.54. The van der Waals surface area contributed by atoms with Crippen molar-refractivity contribution in [2.75, 3.05) is 32.7 Å². The van der Waals surface area contributed by atoms with E-state index in [0.717, 1.165) is 31.1 Å². The highest BCUT2D eigenvalue weighted by Crippen LogP contribution is 2.31. The summed E-state index contributed by atoms with van der Waals surface area (Å²) in [6.07, 6.45) is 5.76. The molecule has 1 aromatic heterocycles. The first-order valence-electron chi connectivity index (χ1n) is 8.41. The molecule has 4 nitrogen and oxygen atoms in total. The third-order valence-corrected chi connectivity index (χ3v) is 4.88. The smallest absolute Gasteiger partial charge is 0.0674 e. The van der Waals surface area contributed by atoms with Crippen molar-refractivity contribution < 1.29 is 0 Å². The van der Waals surface area contributed by atoms with Gasteiger partial charge in [0.25, 0.3) is 0 Å². The van der Waals surface area contributed by atoms with Gasteiger partial charge in [-0.2, -0.15) is 0 Å². The molecule has 0 amide bonds. The lowest BCUT2D eigenvalue weighted by atomic mass is 9.99. The van der Waals surface area contributed by atoms with Crippen molar-refractivity contribution in [1.82, 2.24) is 14.8 Å². The van der Waals surface area contributed by atoms with Crippen LogP contribution in [0.1, 0.15) is 37.9 Å². The van der Waals surface area contributed by atoms with E-state index in [-0.39, 0.29) is 12.1 Å². The van der Waals surface area contributed by atoms with Gasteiger partial charge in [-0.25, -0.2) is 0 Å². The van der Waals surface area contributed by atoms with Gasteiger partial charge < -0.3 is 10.6 Å². The minimum atomic E-state index is 0.162. The number of piperazine rings is 1. The van der Waals surface area contributed by atoms with E-state index < -0.39 is 0 Å². The second-order valence-corrected chi connectivity index (χ2v) is 6.55. The summed E-state index contributed by atoms with van der Waals surface area (Å²) in [5, 5.41) is 0. The Kier molecular flexibility index (Phi) is 4.88. The van der Waals surface area contributed by atoms with E-state index in [4.69, 9.17) is 5.73 Å². The molecule has 2 heterocycles. The van der Waals surface area contributed by atoms with Gasteiger partial charge in [-0.3, -0.25) is 9.88 Å². The van der Waals surface area contributed by atoms with Crippen LogP contribution in [0.4, 0.5) is 0 Å². The maximum absolute atomic E-state index is 6.41. The van der Waals surface area contributed by atoms with E-state index in [1.165, 1.54) is 32.5 Å². The van der Waals surface area contributed by atoms with Crippen LogP contribution in [0.15, 0.2) is 24.4 Å². The Morgan fingerprint density at radius 3 is 2.57 bits per heavy atom. The first-order valence-corrected chi connectivity index (χ1v) is 8.41. The molecule has 3 rings (SSSR count). The minimum absolute atomic E-state index is 0.162. The molecule has 0 spiro atoms. The van der Waals surface area contributed by atoms with Crippen LogP contribution in [0.5, 0.6) is 0 Å². The van der Waals surface area contributed by atoms with E-state index in [1.807, 2.05) is 12.3 Å². The van der Waals surface area contributed by atoms with Crippen LogP contribution in [0, 0.1) is 5.92 Å². The highest BCUT2D eigenvalue weighted by molar-refractivity contribution is 5.12. The van der Waals surface area contributed by atoms with Crippen LogP contribution >= 0.6 is 0 Å². The van der Waals surface area contributed by atoms with Crippen molar-refractivity contribution in [2.45, 2.75) is 38.3 Å². The van der Waals surface area contributed by atoms with E-state index >= 15 is 0 Å². The lowest BCUT2D eigenvalue weighted by Gasteiger charge is -2.41. The number of aromatic nitrogens is 1. The predicted molar refractivity (Wildman–Crippen MR) is 86.0 cm³/mol. The fourth-order valence-electron chi connectivity index (χ4n) is 3.34. The molecule has 4 heteroatoms. The molecule has 0 bridgehead atoms. The number of pyridine rings is 1. The summed E-state index contributed by atoms with van der Waals surface area (Å²) in [6.45, 7) is 8.06. The van der Waals surface area contributed by atoms with Gasteiger partial charge in [-0.1, -0.05) is 13.0 Å². The van der Waals surface area contributed by atoms with Gasteiger partial charge in [0.1, 0.15) is 0 Å². The highest BCUT2D eigenvalue weighted by atomic mass is 15.3. The van der Waals surface area contributed by atoms with Gasteiger partial charge in [0.2, 0.25) is 0 Å². The lowest BCUT2D eigenvalue weighted by Crippen LogP contribution is -2.51. The number of hydrogen-bond acceptors (Lipinski definition) is 4. The Bertz CT molecular complexity index is 424. The van der Waals surface area contributed by atoms with Crippen molar-refractivity contribution >= 4 is 0 Å². The standard InChI is InChI=1S/C17H28N4/c1-2-15(18)17(16-5-3-4-8-19-16)21-11-9-20(10-12-21)13-14-6-7-14/h3-5,8,14-15,17H,2,6-7,9-13,18H2,1H3. The summed E-state index contributed by atoms with van der Waals surface area (Å²) in [4.78, 5) is 9.73. The Balaban J connectivity index is 1.64. The molecule has 21 heavy (non-hydrogen) atoms. The molecule has 1 aliphatic heterocycles. The molecule has 2 N–H and O–H groups in total. The molecule has 2 unspecified atom stereocenters. The Labute approximate surface area is 128 Å².